The highest BCUT2D eigenvalue weighted by atomic mass is 19.1. The lowest BCUT2D eigenvalue weighted by Crippen LogP contribution is -2.05. The van der Waals surface area contributed by atoms with Gasteiger partial charge in [-0.1, -0.05) is 19.9 Å². The fourth-order valence-electron chi connectivity index (χ4n) is 2.01. The zero-order valence-electron chi connectivity index (χ0n) is 10.5. The Bertz CT molecular complexity index is 572. The lowest BCUT2D eigenvalue weighted by atomic mass is 10.0. The molecule has 1 heterocycles. The predicted molar refractivity (Wildman–Crippen MR) is 65.2 cm³/mol. The third-order valence-electron chi connectivity index (χ3n) is 3.30. The summed E-state index contributed by atoms with van der Waals surface area (Å²) in [6, 6.07) is 5.13. The maximum atomic E-state index is 13.9. The van der Waals surface area contributed by atoms with Crippen LogP contribution in [0.3, 0.4) is 0 Å². The number of tetrazole rings is 1. The van der Waals surface area contributed by atoms with Gasteiger partial charge in [0.15, 0.2) is 5.82 Å². The predicted octanol–water partition coefficient (Wildman–Crippen LogP) is 2.80. The van der Waals surface area contributed by atoms with Crippen LogP contribution in [0.15, 0.2) is 18.2 Å². The molecule has 0 unspecified atom stereocenters. The molecule has 94 valence electrons. The molecule has 0 aliphatic heterocycles. The van der Waals surface area contributed by atoms with Gasteiger partial charge in [-0.05, 0) is 46.9 Å². The van der Waals surface area contributed by atoms with Crippen molar-refractivity contribution in [1.82, 2.24) is 20.2 Å². The Morgan fingerprint density at radius 3 is 2.78 bits per heavy atom. The van der Waals surface area contributed by atoms with Crippen LogP contribution < -0.4 is 0 Å². The van der Waals surface area contributed by atoms with Crippen molar-refractivity contribution in [2.45, 2.75) is 38.5 Å². The first-order valence-corrected chi connectivity index (χ1v) is 6.25. The van der Waals surface area contributed by atoms with E-state index in [2.05, 4.69) is 29.4 Å². The molecular formula is C13H15FN4. The van der Waals surface area contributed by atoms with Crippen molar-refractivity contribution in [2.24, 2.45) is 0 Å². The molecule has 1 aromatic carbocycles. The molecule has 0 radical (unpaired) electrons. The van der Waals surface area contributed by atoms with Crippen molar-refractivity contribution >= 4 is 0 Å². The summed E-state index contributed by atoms with van der Waals surface area (Å²) < 4.78 is 15.5. The maximum absolute atomic E-state index is 13.9. The van der Waals surface area contributed by atoms with Gasteiger partial charge >= 0.3 is 0 Å². The molecule has 1 saturated carbocycles. The van der Waals surface area contributed by atoms with Gasteiger partial charge in [0.2, 0.25) is 0 Å². The van der Waals surface area contributed by atoms with Crippen molar-refractivity contribution < 1.29 is 4.39 Å². The van der Waals surface area contributed by atoms with Gasteiger partial charge in [-0.2, -0.15) is 4.68 Å². The minimum Gasteiger partial charge on any atom is -0.205 e. The average Bonchev–Trinajstić information content (AvgIpc) is 3.08. The summed E-state index contributed by atoms with van der Waals surface area (Å²) in [5, 5.41) is 11.6. The largest absolute Gasteiger partial charge is 0.205 e. The van der Waals surface area contributed by atoms with Crippen LogP contribution in [0, 0.1) is 5.82 Å². The smallest absolute Gasteiger partial charge is 0.159 e. The van der Waals surface area contributed by atoms with Crippen LogP contribution in [0.5, 0.6) is 0 Å². The second-order valence-corrected chi connectivity index (χ2v) is 5.09. The van der Waals surface area contributed by atoms with Gasteiger partial charge in [0.05, 0.1) is 0 Å². The number of nitrogens with zero attached hydrogens (tertiary/aromatic N) is 4. The number of rotatable bonds is 3. The van der Waals surface area contributed by atoms with E-state index in [0.29, 0.717) is 17.5 Å². The van der Waals surface area contributed by atoms with E-state index in [4.69, 9.17) is 0 Å². The fraction of sp³-hybridized carbons (Fsp3) is 0.462. The first kappa shape index (κ1) is 11.3. The summed E-state index contributed by atoms with van der Waals surface area (Å²) in [4.78, 5) is 0. The first-order valence-electron chi connectivity index (χ1n) is 6.25. The molecule has 0 N–H and O–H groups in total. The Kier molecular flexibility index (Phi) is 2.61. The molecule has 18 heavy (non-hydrogen) atoms. The highest BCUT2D eigenvalue weighted by molar-refractivity contribution is 5.39. The minimum atomic E-state index is -0.284. The Labute approximate surface area is 105 Å². The summed E-state index contributed by atoms with van der Waals surface area (Å²) in [6.45, 7) is 4.16. The van der Waals surface area contributed by atoms with Crippen LogP contribution in [-0.4, -0.2) is 20.2 Å². The van der Waals surface area contributed by atoms with E-state index in [1.165, 1.54) is 6.07 Å². The maximum Gasteiger partial charge on any atom is 0.159 e. The summed E-state index contributed by atoms with van der Waals surface area (Å²) >= 11 is 0. The number of aromatic nitrogens is 4. The topological polar surface area (TPSA) is 43.6 Å². The van der Waals surface area contributed by atoms with E-state index in [0.717, 1.165) is 24.2 Å². The highest BCUT2D eigenvalue weighted by Gasteiger charge is 2.30. The molecule has 1 aromatic heterocycles. The van der Waals surface area contributed by atoms with Crippen molar-refractivity contribution in [3.8, 4) is 5.69 Å². The highest BCUT2D eigenvalue weighted by Crippen LogP contribution is 2.39. The Balaban J connectivity index is 2.09. The summed E-state index contributed by atoms with van der Waals surface area (Å²) in [5.74, 6) is 1.23. The standard InChI is InChI=1S/C13H15FN4/c1-8(2)10-5-6-11(14)12(7-10)18-13(9-3-4-9)15-16-17-18/h5-9H,3-4H2,1-2H3. The second kappa shape index (κ2) is 4.15. The third kappa shape index (κ3) is 1.89. The van der Waals surface area contributed by atoms with Crippen LogP contribution in [0.25, 0.3) is 5.69 Å². The Morgan fingerprint density at radius 2 is 2.11 bits per heavy atom. The van der Waals surface area contributed by atoms with Gasteiger partial charge < -0.3 is 0 Å². The molecule has 4 nitrogen and oxygen atoms in total. The lowest BCUT2D eigenvalue weighted by Gasteiger charge is -2.10. The first-order chi connectivity index (χ1) is 8.66. The van der Waals surface area contributed by atoms with Crippen LogP contribution in [0.4, 0.5) is 4.39 Å². The summed E-state index contributed by atoms with van der Waals surface area (Å²) in [5.41, 5.74) is 1.54. The molecule has 0 spiro atoms. The molecular weight excluding hydrogens is 231 g/mol. The number of halogens is 1. The van der Waals surface area contributed by atoms with Gasteiger partial charge in [0.1, 0.15) is 11.5 Å². The van der Waals surface area contributed by atoms with E-state index in [9.17, 15) is 4.39 Å². The van der Waals surface area contributed by atoms with Crippen LogP contribution in [-0.2, 0) is 0 Å². The van der Waals surface area contributed by atoms with Gasteiger partial charge in [0, 0.05) is 5.92 Å². The zero-order valence-corrected chi connectivity index (χ0v) is 10.5. The second-order valence-electron chi connectivity index (χ2n) is 5.09. The molecule has 0 saturated heterocycles. The Hall–Kier alpha value is -1.78. The van der Waals surface area contributed by atoms with Crippen LogP contribution in [0.2, 0.25) is 0 Å². The molecule has 1 aliphatic carbocycles. The van der Waals surface area contributed by atoms with Gasteiger partial charge in [-0.15, -0.1) is 5.10 Å². The van der Waals surface area contributed by atoms with Gasteiger partial charge in [0.25, 0.3) is 0 Å². The van der Waals surface area contributed by atoms with E-state index in [1.54, 1.807) is 4.68 Å². The molecule has 0 bridgehead atoms. The third-order valence-corrected chi connectivity index (χ3v) is 3.30. The quantitative estimate of drug-likeness (QED) is 0.836. The Morgan fingerprint density at radius 1 is 1.33 bits per heavy atom. The van der Waals surface area contributed by atoms with Crippen molar-refractivity contribution in [3.63, 3.8) is 0 Å². The van der Waals surface area contributed by atoms with Crippen LogP contribution >= 0.6 is 0 Å². The zero-order chi connectivity index (χ0) is 12.7. The van der Waals surface area contributed by atoms with Gasteiger partial charge in [-0.3, -0.25) is 0 Å². The fourth-order valence-corrected chi connectivity index (χ4v) is 2.01. The minimum absolute atomic E-state index is 0.284. The summed E-state index contributed by atoms with van der Waals surface area (Å²) in [6.07, 6.45) is 2.18. The molecule has 3 rings (SSSR count). The van der Waals surface area contributed by atoms with Crippen molar-refractivity contribution in [2.75, 3.05) is 0 Å². The van der Waals surface area contributed by atoms with E-state index in [-0.39, 0.29) is 5.82 Å². The number of hydrogen-bond acceptors (Lipinski definition) is 3. The number of hydrogen-bond donors (Lipinski definition) is 0. The van der Waals surface area contributed by atoms with E-state index < -0.39 is 0 Å². The molecule has 0 amide bonds. The summed E-state index contributed by atoms with van der Waals surface area (Å²) in [7, 11) is 0. The van der Waals surface area contributed by atoms with Crippen LogP contribution in [0.1, 0.15) is 49.9 Å². The van der Waals surface area contributed by atoms with Gasteiger partial charge in [-0.25, -0.2) is 4.39 Å². The van der Waals surface area contributed by atoms with E-state index in [1.807, 2.05) is 12.1 Å². The SMILES string of the molecule is CC(C)c1ccc(F)c(-n2nnnc2C2CC2)c1. The molecule has 1 aliphatic rings. The lowest BCUT2D eigenvalue weighted by molar-refractivity contribution is 0.600. The van der Waals surface area contributed by atoms with Crippen molar-refractivity contribution in [1.29, 1.82) is 0 Å². The normalized spacial score (nSPS) is 15.3. The average molecular weight is 246 g/mol. The molecule has 1 fully saturated rings. The van der Waals surface area contributed by atoms with Crippen molar-refractivity contribution in [3.05, 3.63) is 35.4 Å². The van der Waals surface area contributed by atoms with E-state index >= 15 is 0 Å². The monoisotopic (exact) mass is 246 g/mol. The molecule has 5 heteroatoms. The number of benzene rings is 1. The molecule has 2 aromatic rings. The molecule has 0 atom stereocenters.